The van der Waals surface area contributed by atoms with Crippen LogP contribution in [0, 0.1) is 0 Å². The summed E-state index contributed by atoms with van der Waals surface area (Å²) in [7, 11) is 0. The molecule has 0 bridgehead atoms. The Balaban J connectivity index is 2.27. The Morgan fingerprint density at radius 3 is 2.43 bits per heavy atom. The Morgan fingerprint density at radius 1 is 1.14 bits per heavy atom. The SMILES string of the molecule is N[C@@H](C[C@@](O)(Cc1c[nH]c2ccccc12)C(O)O)C(O)O. The fraction of sp³-hybridized carbons (Fsp3) is 0.429. The van der Waals surface area contributed by atoms with Gasteiger partial charge in [-0.1, -0.05) is 18.2 Å². The largest absolute Gasteiger partial charge is 0.384 e. The third-order valence-electron chi connectivity index (χ3n) is 3.62. The third kappa shape index (κ3) is 3.41. The molecule has 0 spiro atoms. The molecular formula is C14H20N2O5. The molecule has 0 fully saturated rings. The van der Waals surface area contributed by atoms with Crippen LogP contribution in [0.4, 0.5) is 0 Å². The van der Waals surface area contributed by atoms with Crippen LogP contribution in [-0.2, 0) is 6.42 Å². The molecule has 1 aromatic heterocycles. The van der Waals surface area contributed by atoms with E-state index in [1.165, 1.54) is 0 Å². The van der Waals surface area contributed by atoms with Crippen molar-refractivity contribution in [2.24, 2.45) is 5.73 Å². The summed E-state index contributed by atoms with van der Waals surface area (Å²) in [5.74, 6) is 0. The number of nitrogens with one attached hydrogen (secondary N) is 1. The van der Waals surface area contributed by atoms with Gasteiger partial charge >= 0.3 is 0 Å². The maximum absolute atomic E-state index is 10.4. The van der Waals surface area contributed by atoms with Crippen LogP contribution in [0.3, 0.4) is 0 Å². The molecule has 1 heterocycles. The highest BCUT2D eigenvalue weighted by Gasteiger charge is 2.38. The van der Waals surface area contributed by atoms with E-state index < -0.39 is 24.2 Å². The zero-order valence-electron chi connectivity index (χ0n) is 11.3. The van der Waals surface area contributed by atoms with E-state index in [-0.39, 0.29) is 12.8 Å². The van der Waals surface area contributed by atoms with Crippen molar-refractivity contribution in [2.75, 3.05) is 0 Å². The zero-order valence-corrected chi connectivity index (χ0v) is 11.3. The number of hydrogen-bond acceptors (Lipinski definition) is 6. The number of hydrogen-bond donors (Lipinski definition) is 7. The maximum Gasteiger partial charge on any atom is 0.181 e. The number of H-pyrrole nitrogens is 1. The smallest absolute Gasteiger partial charge is 0.181 e. The fourth-order valence-corrected chi connectivity index (χ4v) is 2.39. The van der Waals surface area contributed by atoms with Gasteiger partial charge in [0.1, 0.15) is 5.60 Å². The lowest BCUT2D eigenvalue weighted by atomic mass is 9.87. The molecule has 0 unspecified atom stereocenters. The predicted molar refractivity (Wildman–Crippen MR) is 76.0 cm³/mol. The topological polar surface area (TPSA) is 143 Å². The van der Waals surface area contributed by atoms with Crippen molar-refractivity contribution in [3.05, 3.63) is 36.0 Å². The van der Waals surface area contributed by atoms with Gasteiger partial charge in [0, 0.05) is 29.9 Å². The second-order valence-electron chi connectivity index (χ2n) is 5.30. The van der Waals surface area contributed by atoms with Gasteiger partial charge in [0.25, 0.3) is 0 Å². The summed E-state index contributed by atoms with van der Waals surface area (Å²) in [6.45, 7) is 0. The van der Waals surface area contributed by atoms with Gasteiger partial charge in [0.05, 0.1) is 6.04 Å². The molecule has 2 aromatic rings. The minimum Gasteiger partial charge on any atom is -0.384 e. The second kappa shape index (κ2) is 6.10. The van der Waals surface area contributed by atoms with Gasteiger partial charge in [0.2, 0.25) is 0 Å². The van der Waals surface area contributed by atoms with E-state index in [1.54, 1.807) is 6.20 Å². The molecule has 7 nitrogen and oxygen atoms in total. The molecule has 0 aliphatic heterocycles. The highest BCUT2D eigenvalue weighted by Crippen LogP contribution is 2.27. The number of fused-ring (bicyclic) bond motifs is 1. The van der Waals surface area contributed by atoms with Crippen molar-refractivity contribution in [2.45, 2.75) is 37.1 Å². The van der Waals surface area contributed by atoms with Crippen molar-refractivity contribution < 1.29 is 25.5 Å². The highest BCUT2D eigenvalue weighted by atomic mass is 16.5. The predicted octanol–water partition coefficient (Wildman–Crippen LogP) is -1.22. The van der Waals surface area contributed by atoms with Gasteiger partial charge < -0.3 is 36.3 Å². The molecule has 0 aliphatic rings. The number of rotatable bonds is 6. The summed E-state index contributed by atoms with van der Waals surface area (Å²) in [5, 5.41) is 48.2. The van der Waals surface area contributed by atoms with Crippen molar-refractivity contribution in [3.8, 4) is 0 Å². The minimum absolute atomic E-state index is 0.0882. The first-order valence-electron chi connectivity index (χ1n) is 6.59. The van der Waals surface area contributed by atoms with E-state index in [1.807, 2.05) is 24.3 Å². The monoisotopic (exact) mass is 296 g/mol. The van der Waals surface area contributed by atoms with E-state index >= 15 is 0 Å². The van der Waals surface area contributed by atoms with Crippen molar-refractivity contribution >= 4 is 10.9 Å². The third-order valence-corrected chi connectivity index (χ3v) is 3.62. The van der Waals surface area contributed by atoms with Gasteiger partial charge in [-0.3, -0.25) is 0 Å². The fourth-order valence-electron chi connectivity index (χ4n) is 2.39. The molecule has 7 heteroatoms. The standard InChI is InChI=1S/C14H20N2O5/c15-10(12(17)18)6-14(21,13(19)20)5-8-7-16-11-4-2-1-3-9(8)11/h1-4,7,10,12-13,16-21H,5-6,15H2/t10-,14-/m0/s1. The molecule has 21 heavy (non-hydrogen) atoms. The zero-order chi connectivity index (χ0) is 15.6. The first kappa shape index (κ1) is 15.9. The molecule has 0 radical (unpaired) electrons. The van der Waals surface area contributed by atoms with Gasteiger partial charge in [0.15, 0.2) is 12.6 Å². The Bertz CT molecular complexity index is 598. The summed E-state index contributed by atoms with van der Waals surface area (Å²) in [6, 6.07) is 6.19. The van der Waals surface area contributed by atoms with Gasteiger partial charge in [-0.2, -0.15) is 0 Å². The summed E-state index contributed by atoms with van der Waals surface area (Å²) < 4.78 is 0. The van der Waals surface area contributed by atoms with E-state index in [9.17, 15) is 15.3 Å². The molecule has 0 amide bonds. The number of benzene rings is 1. The summed E-state index contributed by atoms with van der Waals surface area (Å²) >= 11 is 0. The number of aromatic nitrogens is 1. The van der Waals surface area contributed by atoms with Gasteiger partial charge in [-0.25, -0.2) is 0 Å². The molecule has 0 aliphatic carbocycles. The quantitative estimate of drug-likeness (QED) is 0.333. The van der Waals surface area contributed by atoms with Crippen LogP contribution in [0.5, 0.6) is 0 Å². The molecule has 2 atom stereocenters. The van der Waals surface area contributed by atoms with Crippen LogP contribution < -0.4 is 5.73 Å². The van der Waals surface area contributed by atoms with E-state index in [0.717, 1.165) is 10.9 Å². The normalized spacial score (nSPS) is 16.6. The Kier molecular flexibility index (Phi) is 4.62. The first-order valence-corrected chi connectivity index (χ1v) is 6.59. The number of aliphatic hydroxyl groups excluding tert-OH is 2. The summed E-state index contributed by atoms with van der Waals surface area (Å²) in [4.78, 5) is 3.02. The molecule has 1 aromatic carbocycles. The lowest BCUT2D eigenvalue weighted by molar-refractivity contribution is -0.195. The van der Waals surface area contributed by atoms with E-state index in [0.29, 0.717) is 5.56 Å². The van der Waals surface area contributed by atoms with Crippen LogP contribution in [0.1, 0.15) is 12.0 Å². The number of nitrogens with two attached hydrogens (primary N) is 1. The first-order chi connectivity index (χ1) is 9.83. The average Bonchev–Trinajstić information content (AvgIpc) is 2.81. The van der Waals surface area contributed by atoms with E-state index in [2.05, 4.69) is 4.98 Å². The maximum atomic E-state index is 10.4. The van der Waals surface area contributed by atoms with Gasteiger partial charge in [-0.15, -0.1) is 0 Å². The van der Waals surface area contributed by atoms with Crippen LogP contribution in [-0.4, -0.2) is 54.7 Å². The molecular weight excluding hydrogens is 276 g/mol. The van der Waals surface area contributed by atoms with Gasteiger partial charge in [-0.05, 0) is 11.6 Å². The lowest BCUT2D eigenvalue weighted by Crippen LogP contribution is -2.51. The second-order valence-corrected chi connectivity index (χ2v) is 5.30. The van der Waals surface area contributed by atoms with Crippen LogP contribution >= 0.6 is 0 Å². The van der Waals surface area contributed by atoms with Crippen LogP contribution in [0.25, 0.3) is 10.9 Å². The summed E-state index contributed by atoms with van der Waals surface area (Å²) in [5.41, 5.74) is 5.05. The molecule has 8 N–H and O–H groups in total. The molecule has 2 rings (SSSR count). The Morgan fingerprint density at radius 2 is 1.81 bits per heavy atom. The highest BCUT2D eigenvalue weighted by molar-refractivity contribution is 5.83. The van der Waals surface area contributed by atoms with Crippen LogP contribution in [0.2, 0.25) is 0 Å². The number of aliphatic hydroxyl groups is 5. The lowest BCUT2D eigenvalue weighted by Gasteiger charge is -2.32. The molecule has 116 valence electrons. The van der Waals surface area contributed by atoms with Crippen molar-refractivity contribution in [1.29, 1.82) is 0 Å². The Labute approximate surface area is 121 Å². The average molecular weight is 296 g/mol. The summed E-state index contributed by atoms with van der Waals surface area (Å²) in [6.07, 6.45) is -2.70. The van der Waals surface area contributed by atoms with Crippen molar-refractivity contribution in [1.82, 2.24) is 4.98 Å². The number of aromatic amines is 1. The van der Waals surface area contributed by atoms with Crippen LogP contribution in [0.15, 0.2) is 30.5 Å². The van der Waals surface area contributed by atoms with Crippen molar-refractivity contribution in [3.63, 3.8) is 0 Å². The minimum atomic E-state index is -2.06. The molecule has 0 saturated carbocycles. The Hall–Kier alpha value is -1.48. The van der Waals surface area contributed by atoms with E-state index in [4.69, 9.17) is 15.9 Å². The number of para-hydroxylation sites is 1. The molecule has 0 saturated heterocycles.